The van der Waals surface area contributed by atoms with Gasteiger partial charge in [0.25, 0.3) is 0 Å². The van der Waals surface area contributed by atoms with Crippen LogP contribution in [0.15, 0.2) is 12.4 Å². The van der Waals surface area contributed by atoms with E-state index < -0.39 is 0 Å². The normalized spacial score (nSPS) is 12.0. The van der Waals surface area contributed by atoms with Crippen molar-refractivity contribution in [3.63, 3.8) is 0 Å². The van der Waals surface area contributed by atoms with Crippen molar-refractivity contribution in [2.24, 2.45) is 0 Å². The number of rotatable bonds is 4. The Balaban J connectivity index is 2.20. The zero-order valence-corrected chi connectivity index (χ0v) is 9.67. The summed E-state index contributed by atoms with van der Waals surface area (Å²) in [4.78, 5) is 4.19. The summed E-state index contributed by atoms with van der Waals surface area (Å²) in [6.07, 6.45) is 5.04. The fourth-order valence-corrected chi connectivity index (χ4v) is 1.35. The van der Waals surface area contributed by atoms with Crippen molar-refractivity contribution in [3.8, 4) is 0 Å². The zero-order chi connectivity index (χ0) is 10.6. The topological polar surface area (TPSA) is 29.9 Å². The number of nitrogens with zero attached hydrogens (tertiary/aromatic N) is 2. The van der Waals surface area contributed by atoms with Crippen molar-refractivity contribution in [1.82, 2.24) is 14.9 Å². The summed E-state index contributed by atoms with van der Waals surface area (Å²) in [7, 11) is 0. The van der Waals surface area contributed by atoms with Crippen LogP contribution in [0.5, 0.6) is 0 Å². The summed E-state index contributed by atoms with van der Waals surface area (Å²) in [6.45, 7) is 10.7. The quantitative estimate of drug-likeness (QED) is 0.744. The van der Waals surface area contributed by atoms with E-state index in [1.165, 1.54) is 0 Å². The van der Waals surface area contributed by atoms with E-state index in [-0.39, 0.29) is 5.54 Å². The minimum absolute atomic E-state index is 0.226. The summed E-state index contributed by atoms with van der Waals surface area (Å²) < 4.78 is 2.18. The van der Waals surface area contributed by atoms with Crippen LogP contribution < -0.4 is 5.32 Å². The molecule has 0 amide bonds. The molecule has 0 spiro atoms. The lowest BCUT2D eigenvalue weighted by Crippen LogP contribution is -2.36. The molecule has 14 heavy (non-hydrogen) atoms. The third kappa shape index (κ3) is 3.92. The number of aromatic nitrogens is 2. The van der Waals surface area contributed by atoms with E-state index in [9.17, 15) is 0 Å². The molecule has 1 N–H and O–H groups in total. The smallest absolute Gasteiger partial charge is 0.105 e. The zero-order valence-electron chi connectivity index (χ0n) is 9.67. The van der Waals surface area contributed by atoms with Crippen LogP contribution in [0.1, 0.15) is 33.0 Å². The van der Waals surface area contributed by atoms with E-state index in [1.54, 1.807) is 0 Å². The minimum Gasteiger partial charge on any atom is -0.335 e. The fourth-order valence-electron chi connectivity index (χ4n) is 1.35. The van der Waals surface area contributed by atoms with Crippen molar-refractivity contribution < 1.29 is 0 Å². The third-order valence-electron chi connectivity index (χ3n) is 2.15. The molecule has 0 bridgehead atoms. The first kappa shape index (κ1) is 11.2. The van der Waals surface area contributed by atoms with E-state index in [4.69, 9.17) is 0 Å². The molecule has 0 aromatic carbocycles. The Bertz CT molecular complexity index is 270. The van der Waals surface area contributed by atoms with Crippen LogP contribution in [0, 0.1) is 6.92 Å². The molecule has 0 atom stereocenters. The fraction of sp³-hybridized carbons (Fsp3) is 0.727. The van der Waals surface area contributed by atoms with Crippen molar-refractivity contribution in [2.45, 2.75) is 46.2 Å². The molecule has 1 aromatic rings. The summed E-state index contributed by atoms with van der Waals surface area (Å²) in [5.41, 5.74) is 0.226. The highest BCUT2D eigenvalue weighted by Gasteiger charge is 2.07. The van der Waals surface area contributed by atoms with E-state index in [2.05, 4.69) is 35.6 Å². The van der Waals surface area contributed by atoms with Crippen molar-refractivity contribution in [3.05, 3.63) is 18.2 Å². The second-order valence-electron chi connectivity index (χ2n) is 4.70. The molecule has 0 aliphatic carbocycles. The Hall–Kier alpha value is -0.830. The molecule has 1 rings (SSSR count). The van der Waals surface area contributed by atoms with Gasteiger partial charge >= 0.3 is 0 Å². The van der Waals surface area contributed by atoms with E-state index in [1.807, 2.05) is 19.3 Å². The first-order valence-electron chi connectivity index (χ1n) is 5.22. The Morgan fingerprint density at radius 1 is 1.43 bits per heavy atom. The molecule has 0 unspecified atom stereocenters. The molecule has 0 aliphatic heterocycles. The number of imidazole rings is 1. The largest absolute Gasteiger partial charge is 0.335 e. The monoisotopic (exact) mass is 195 g/mol. The molecule has 3 heteroatoms. The Morgan fingerprint density at radius 3 is 2.64 bits per heavy atom. The van der Waals surface area contributed by atoms with E-state index in [0.29, 0.717) is 0 Å². The van der Waals surface area contributed by atoms with Gasteiger partial charge in [0.1, 0.15) is 5.82 Å². The van der Waals surface area contributed by atoms with Gasteiger partial charge in [-0.2, -0.15) is 0 Å². The second kappa shape index (κ2) is 4.60. The maximum absolute atomic E-state index is 4.19. The molecule has 0 aliphatic rings. The highest BCUT2D eigenvalue weighted by molar-refractivity contribution is 4.88. The second-order valence-corrected chi connectivity index (χ2v) is 4.70. The van der Waals surface area contributed by atoms with Crippen LogP contribution in [0.3, 0.4) is 0 Å². The first-order chi connectivity index (χ1) is 6.49. The molecule has 0 saturated carbocycles. The molecule has 0 saturated heterocycles. The first-order valence-corrected chi connectivity index (χ1v) is 5.22. The molecule has 80 valence electrons. The lowest BCUT2D eigenvalue weighted by atomic mass is 10.1. The summed E-state index contributed by atoms with van der Waals surface area (Å²) in [6, 6.07) is 0. The molecule has 3 nitrogen and oxygen atoms in total. The highest BCUT2D eigenvalue weighted by atomic mass is 15.1. The lowest BCUT2D eigenvalue weighted by Gasteiger charge is -2.20. The van der Waals surface area contributed by atoms with Gasteiger partial charge < -0.3 is 9.88 Å². The van der Waals surface area contributed by atoms with Gasteiger partial charge in [0.15, 0.2) is 0 Å². The van der Waals surface area contributed by atoms with Crippen molar-refractivity contribution in [1.29, 1.82) is 0 Å². The summed E-state index contributed by atoms with van der Waals surface area (Å²) in [5.74, 6) is 1.10. The van der Waals surface area contributed by atoms with Crippen LogP contribution in [-0.4, -0.2) is 21.6 Å². The lowest BCUT2D eigenvalue weighted by molar-refractivity contribution is 0.413. The van der Waals surface area contributed by atoms with E-state index in [0.717, 1.165) is 25.3 Å². The number of nitrogens with one attached hydrogen (secondary N) is 1. The van der Waals surface area contributed by atoms with Gasteiger partial charge in [0.05, 0.1) is 0 Å². The standard InChI is InChI=1S/C11H21N3/c1-10-12-7-9-14(10)8-5-6-13-11(2,3)4/h7,9,13H,5-6,8H2,1-4H3. The van der Waals surface area contributed by atoms with Gasteiger partial charge in [-0.15, -0.1) is 0 Å². The minimum atomic E-state index is 0.226. The van der Waals surface area contributed by atoms with Crippen LogP contribution in [-0.2, 0) is 6.54 Å². The van der Waals surface area contributed by atoms with Gasteiger partial charge in [0.2, 0.25) is 0 Å². The predicted molar refractivity (Wildman–Crippen MR) is 59.3 cm³/mol. The molecule has 0 radical (unpaired) electrons. The Labute approximate surface area is 86.5 Å². The molecule has 1 heterocycles. The average molecular weight is 195 g/mol. The summed E-state index contributed by atoms with van der Waals surface area (Å²) >= 11 is 0. The van der Waals surface area contributed by atoms with Gasteiger partial charge in [-0.3, -0.25) is 0 Å². The molecular weight excluding hydrogens is 174 g/mol. The highest BCUT2D eigenvalue weighted by Crippen LogP contribution is 2.00. The average Bonchev–Trinajstić information content (AvgIpc) is 2.44. The van der Waals surface area contributed by atoms with Crippen LogP contribution in [0.25, 0.3) is 0 Å². The molecule has 0 fully saturated rings. The third-order valence-corrected chi connectivity index (χ3v) is 2.15. The van der Waals surface area contributed by atoms with Gasteiger partial charge in [-0.1, -0.05) is 0 Å². The van der Waals surface area contributed by atoms with Crippen molar-refractivity contribution >= 4 is 0 Å². The molecular formula is C11H21N3. The maximum atomic E-state index is 4.19. The van der Waals surface area contributed by atoms with Crippen LogP contribution in [0.4, 0.5) is 0 Å². The molecule has 1 aromatic heterocycles. The van der Waals surface area contributed by atoms with Gasteiger partial charge in [-0.05, 0) is 40.7 Å². The van der Waals surface area contributed by atoms with Gasteiger partial charge in [0, 0.05) is 24.5 Å². The Morgan fingerprint density at radius 2 is 2.14 bits per heavy atom. The number of hydrogen-bond donors (Lipinski definition) is 1. The predicted octanol–water partition coefficient (Wildman–Crippen LogP) is 1.97. The number of hydrogen-bond acceptors (Lipinski definition) is 2. The maximum Gasteiger partial charge on any atom is 0.105 e. The van der Waals surface area contributed by atoms with Crippen LogP contribution in [0.2, 0.25) is 0 Å². The Kier molecular flexibility index (Phi) is 3.69. The van der Waals surface area contributed by atoms with Crippen LogP contribution >= 0.6 is 0 Å². The van der Waals surface area contributed by atoms with E-state index >= 15 is 0 Å². The van der Waals surface area contributed by atoms with Crippen molar-refractivity contribution in [2.75, 3.05) is 6.54 Å². The SMILES string of the molecule is Cc1nccn1CCCNC(C)(C)C. The summed E-state index contributed by atoms with van der Waals surface area (Å²) in [5, 5.41) is 3.47. The van der Waals surface area contributed by atoms with Gasteiger partial charge in [-0.25, -0.2) is 4.98 Å². The number of aryl methyl sites for hydroxylation is 2.